The van der Waals surface area contributed by atoms with E-state index in [1.54, 1.807) is 0 Å². The van der Waals surface area contributed by atoms with Gasteiger partial charge in [-0.3, -0.25) is 9.48 Å². The number of rotatable bonds is 9. The quantitative estimate of drug-likeness (QED) is 0.326. The molecule has 0 aliphatic heterocycles. The van der Waals surface area contributed by atoms with Gasteiger partial charge in [-0.25, -0.2) is 0 Å². The average Bonchev–Trinajstić information content (AvgIpc) is 3.54. The van der Waals surface area contributed by atoms with Crippen molar-refractivity contribution in [3.05, 3.63) is 107 Å². The molecule has 3 aromatic carbocycles. The minimum Gasteiger partial charge on any atom is -0.365 e. The smallest absolute Gasteiger partial charge is 0.252 e. The van der Waals surface area contributed by atoms with Gasteiger partial charge in [-0.15, -0.1) is 10.2 Å². The maximum atomic E-state index is 12.6. The van der Waals surface area contributed by atoms with Crippen LogP contribution in [0.25, 0.3) is 22.5 Å². The molecule has 0 aliphatic carbocycles. The van der Waals surface area contributed by atoms with Crippen molar-refractivity contribution < 1.29 is 4.79 Å². The Balaban J connectivity index is 1.47. The van der Waals surface area contributed by atoms with Gasteiger partial charge < -0.3 is 5.73 Å². The Morgan fingerprint density at radius 3 is 2.25 bits per heavy atom. The summed E-state index contributed by atoms with van der Waals surface area (Å²) >= 11 is 0. The molecule has 0 unspecified atom stereocenters. The molecule has 5 aromatic rings. The maximum Gasteiger partial charge on any atom is 0.252 e. The van der Waals surface area contributed by atoms with Gasteiger partial charge in [-0.1, -0.05) is 85.8 Å². The van der Waals surface area contributed by atoms with Gasteiger partial charge in [-0.2, -0.15) is 10.3 Å². The van der Waals surface area contributed by atoms with Crippen LogP contribution in [0.5, 0.6) is 0 Å². The molecule has 3 N–H and O–H groups in total. The molecule has 0 aliphatic rings. The normalized spacial score (nSPS) is 11.0. The first kappa shape index (κ1) is 23.2. The molecule has 8 nitrogen and oxygen atoms in total. The third-order valence-electron chi connectivity index (χ3n) is 6.18. The number of aromatic nitrogens is 6. The Hall–Kier alpha value is -4.59. The summed E-state index contributed by atoms with van der Waals surface area (Å²) in [5, 5.41) is 19.3. The van der Waals surface area contributed by atoms with E-state index in [1.807, 2.05) is 59.3 Å². The lowest BCUT2D eigenvalue weighted by atomic mass is 9.96. The molecule has 0 bridgehead atoms. The Bertz CT molecular complexity index is 1460. The number of carbonyl (C=O) groups excluding carboxylic acids is 1. The fourth-order valence-electron chi connectivity index (χ4n) is 4.53. The molecule has 2 aromatic heterocycles. The van der Waals surface area contributed by atoms with Crippen LogP contribution >= 0.6 is 0 Å². The minimum atomic E-state index is -0.441. The zero-order valence-electron chi connectivity index (χ0n) is 20.1. The van der Waals surface area contributed by atoms with Crippen molar-refractivity contribution >= 4 is 5.91 Å². The van der Waals surface area contributed by atoms with E-state index in [-0.39, 0.29) is 0 Å². The summed E-state index contributed by atoms with van der Waals surface area (Å²) < 4.78 is 1.94. The van der Waals surface area contributed by atoms with Gasteiger partial charge in [-0.05, 0) is 33.9 Å². The first-order valence-electron chi connectivity index (χ1n) is 12.0. The largest absolute Gasteiger partial charge is 0.365 e. The predicted molar refractivity (Wildman–Crippen MR) is 138 cm³/mol. The number of nitrogens with two attached hydrogens (primary N) is 1. The Morgan fingerprint density at radius 2 is 1.58 bits per heavy atom. The van der Waals surface area contributed by atoms with Gasteiger partial charge in [0, 0.05) is 24.9 Å². The van der Waals surface area contributed by atoms with E-state index in [1.165, 1.54) is 0 Å². The molecule has 0 fully saturated rings. The molecule has 2 heterocycles. The SMILES string of the molecule is CCCn1nc(Cc2ccccc2)c(C(N)=O)c1Cc1ccc(-c2ccccc2-c2nn[nH]n2)cc1. The van der Waals surface area contributed by atoms with Crippen molar-refractivity contribution in [3.63, 3.8) is 0 Å². The van der Waals surface area contributed by atoms with E-state index >= 15 is 0 Å². The van der Waals surface area contributed by atoms with E-state index in [2.05, 4.69) is 51.8 Å². The molecule has 180 valence electrons. The number of primary amides is 1. The lowest BCUT2D eigenvalue weighted by molar-refractivity contribution is 0.0998. The van der Waals surface area contributed by atoms with Crippen LogP contribution in [-0.2, 0) is 19.4 Å². The fourth-order valence-corrected chi connectivity index (χ4v) is 4.53. The van der Waals surface area contributed by atoms with Gasteiger partial charge in [0.1, 0.15) is 0 Å². The van der Waals surface area contributed by atoms with Crippen LogP contribution in [0.2, 0.25) is 0 Å². The number of carbonyl (C=O) groups is 1. The predicted octanol–water partition coefficient (Wildman–Crippen LogP) is 4.42. The van der Waals surface area contributed by atoms with E-state index in [4.69, 9.17) is 10.8 Å². The number of aromatic amines is 1. The van der Waals surface area contributed by atoms with E-state index in [0.717, 1.165) is 52.2 Å². The van der Waals surface area contributed by atoms with Gasteiger partial charge in [0.15, 0.2) is 0 Å². The summed E-state index contributed by atoms with van der Waals surface area (Å²) in [5.74, 6) is 0.110. The van der Waals surface area contributed by atoms with Gasteiger partial charge >= 0.3 is 0 Å². The number of H-pyrrole nitrogens is 1. The summed E-state index contributed by atoms with van der Waals surface area (Å²) in [6.45, 7) is 2.82. The zero-order valence-corrected chi connectivity index (χ0v) is 20.1. The second-order valence-corrected chi connectivity index (χ2v) is 8.67. The van der Waals surface area contributed by atoms with Crippen LogP contribution in [0, 0.1) is 0 Å². The molecule has 36 heavy (non-hydrogen) atoms. The van der Waals surface area contributed by atoms with Crippen LogP contribution < -0.4 is 5.73 Å². The molecular weight excluding hydrogens is 450 g/mol. The lowest BCUT2D eigenvalue weighted by Crippen LogP contribution is -2.16. The third-order valence-corrected chi connectivity index (χ3v) is 6.18. The highest BCUT2D eigenvalue weighted by molar-refractivity contribution is 5.95. The van der Waals surface area contributed by atoms with Crippen molar-refractivity contribution in [1.82, 2.24) is 30.4 Å². The first-order valence-corrected chi connectivity index (χ1v) is 12.0. The second kappa shape index (κ2) is 10.4. The average molecular weight is 478 g/mol. The third kappa shape index (κ3) is 4.79. The summed E-state index contributed by atoms with van der Waals surface area (Å²) in [7, 11) is 0. The molecule has 0 atom stereocenters. The molecule has 0 radical (unpaired) electrons. The summed E-state index contributed by atoms with van der Waals surface area (Å²) in [6, 6.07) is 26.3. The van der Waals surface area contributed by atoms with Gasteiger partial charge in [0.2, 0.25) is 5.82 Å². The van der Waals surface area contributed by atoms with Crippen molar-refractivity contribution in [2.24, 2.45) is 5.73 Å². The standard InChI is InChI=1S/C28H27N7O/c1-2-16-35-25(26(27(29)36)24(32-35)17-19-8-4-3-5-9-19)18-20-12-14-21(15-13-20)22-10-6-7-11-23(22)28-30-33-34-31-28/h3-15H,2,16-18H2,1H3,(H2,29,36)(H,30,31,33,34). The number of nitrogens with zero attached hydrogens (tertiary/aromatic N) is 5. The Morgan fingerprint density at radius 1 is 0.889 bits per heavy atom. The van der Waals surface area contributed by atoms with Crippen molar-refractivity contribution in [2.45, 2.75) is 32.7 Å². The number of tetrazole rings is 1. The number of hydrogen-bond acceptors (Lipinski definition) is 5. The van der Waals surface area contributed by atoms with Crippen molar-refractivity contribution in [1.29, 1.82) is 0 Å². The topological polar surface area (TPSA) is 115 Å². The monoisotopic (exact) mass is 477 g/mol. The van der Waals surface area contributed by atoms with E-state index in [9.17, 15) is 4.79 Å². The summed E-state index contributed by atoms with van der Waals surface area (Å²) in [4.78, 5) is 12.6. The number of hydrogen-bond donors (Lipinski definition) is 2. The van der Waals surface area contributed by atoms with Crippen LogP contribution in [0.1, 0.15) is 46.2 Å². The van der Waals surface area contributed by atoms with Crippen molar-refractivity contribution in [3.8, 4) is 22.5 Å². The van der Waals surface area contributed by atoms with Crippen LogP contribution in [0.15, 0.2) is 78.9 Å². The van der Waals surface area contributed by atoms with Crippen LogP contribution in [-0.4, -0.2) is 36.3 Å². The lowest BCUT2D eigenvalue weighted by Gasteiger charge is -2.10. The number of nitrogens with one attached hydrogen (secondary N) is 1. The molecular formula is C28H27N7O. The summed E-state index contributed by atoms with van der Waals surface area (Å²) in [6.07, 6.45) is 2.03. The second-order valence-electron chi connectivity index (χ2n) is 8.67. The van der Waals surface area contributed by atoms with Gasteiger partial charge in [0.05, 0.1) is 17.0 Å². The number of aryl methyl sites for hydroxylation is 1. The summed E-state index contributed by atoms with van der Waals surface area (Å²) in [5.41, 5.74) is 13.1. The Labute approximate surface area is 209 Å². The van der Waals surface area contributed by atoms with Gasteiger partial charge in [0.25, 0.3) is 5.91 Å². The highest BCUT2D eigenvalue weighted by atomic mass is 16.1. The Kier molecular flexibility index (Phi) is 6.66. The highest BCUT2D eigenvalue weighted by Crippen LogP contribution is 2.30. The molecule has 8 heteroatoms. The molecule has 0 saturated carbocycles. The first-order chi connectivity index (χ1) is 17.6. The fraction of sp³-hybridized carbons (Fsp3) is 0.179. The van der Waals surface area contributed by atoms with Crippen molar-refractivity contribution in [2.75, 3.05) is 0 Å². The molecule has 5 rings (SSSR count). The molecule has 1 amide bonds. The molecule has 0 spiro atoms. The van der Waals surface area contributed by atoms with E-state index in [0.29, 0.717) is 24.2 Å². The van der Waals surface area contributed by atoms with Crippen LogP contribution in [0.4, 0.5) is 0 Å². The number of amides is 1. The minimum absolute atomic E-state index is 0.441. The number of benzene rings is 3. The van der Waals surface area contributed by atoms with E-state index < -0.39 is 5.91 Å². The zero-order chi connectivity index (χ0) is 24.9. The highest BCUT2D eigenvalue weighted by Gasteiger charge is 2.22. The maximum absolute atomic E-state index is 12.6. The van der Waals surface area contributed by atoms with Crippen LogP contribution in [0.3, 0.4) is 0 Å². The molecule has 0 saturated heterocycles.